The number of hydrogen-bond acceptors (Lipinski definition) is 3. The van der Waals surface area contributed by atoms with Crippen LogP contribution in [0.4, 0.5) is 13.2 Å². The predicted octanol–water partition coefficient (Wildman–Crippen LogP) is 1.51. The Bertz CT molecular complexity index is 311. The molecule has 15 heavy (non-hydrogen) atoms. The highest BCUT2D eigenvalue weighted by Gasteiger charge is 2.44. The van der Waals surface area contributed by atoms with Crippen LogP contribution in [0.15, 0.2) is 0 Å². The Hall–Kier alpha value is -0.830. The van der Waals surface area contributed by atoms with Gasteiger partial charge in [-0.05, 0) is 20.8 Å². The summed E-state index contributed by atoms with van der Waals surface area (Å²) in [6, 6.07) is 0. The number of aliphatic carboxylic acids is 1. The second-order valence-electron chi connectivity index (χ2n) is 3.48. The summed E-state index contributed by atoms with van der Waals surface area (Å²) in [5.41, 5.74) is -6.12. The van der Waals surface area contributed by atoms with Crippen LogP contribution in [0.3, 0.4) is 0 Å². The van der Waals surface area contributed by atoms with Crippen LogP contribution in [0.25, 0.3) is 0 Å². The predicted molar refractivity (Wildman–Crippen MR) is 44.7 cm³/mol. The highest BCUT2D eigenvalue weighted by molar-refractivity contribution is 7.86. The van der Waals surface area contributed by atoms with E-state index in [9.17, 15) is 18.0 Å². The van der Waals surface area contributed by atoms with Gasteiger partial charge >= 0.3 is 21.6 Å². The van der Waals surface area contributed by atoms with E-state index in [-0.39, 0.29) is 0 Å². The van der Waals surface area contributed by atoms with Crippen molar-refractivity contribution in [2.75, 3.05) is 0 Å². The smallest absolute Gasteiger partial charge is 0.481 e. The van der Waals surface area contributed by atoms with Crippen LogP contribution >= 0.6 is 0 Å². The molecule has 2 N–H and O–H groups in total. The largest absolute Gasteiger partial charge is 0.522 e. The number of rotatable bonds is 0. The van der Waals surface area contributed by atoms with E-state index in [1.165, 1.54) is 0 Å². The van der Waals surface area contributed by atoms with E-state index in [1.807, 2.05) is 0 Å². The van der Waals surface area contributed by atoms with Gasteiger partial charge in [-0.3, -0.25) is 9.35 Å². The van der Waals surface area contributed by atoms with E-state index in [1.54, 1.807) is 20.8 Å². The summed E-state index contributed by atoms with van der Waals surface area (Å²) in [4.78, 5) is 10.0. The van der Waals surface area contributed by atoms with Crippen molar-refractivity contribution in [3.8, 4) is 0 Å². The highest BCUT2D eigenvalue weighted by Crippen LogP contribution is 2.20. The molecule has 0 saturated heterocycles. The Kier molecular flexibility index (Phi) is 5.30. The van der Waals surface area contributed by atoms with Crippen molar-refractivity contribution in [2.24, 2.45) is 5.41 Å². The standard InChI is InChI=1S/C5H10O2.CHF3O3S/c1-5(2,3)4(6)7;2-1(3,4)8(5,6)7/h1-3H3,(H,6,7);(H,5,6,7). The molecule has 0 amide bonds. The third-order valence-corrected chi connectivity index (χ3v) is 1.52. The average Bonchev–Trinajstić information content (AvgIpc) is 1.80. The molecule has 0 fully saturated rings. The topological polar surface area (TPSA) is 91.7 Å². The lowest BCUT2D eigenvalue weighted by molar-refractivity contribution is -0.145. The SMILES string of the molecule is CC(C)(C)C(=O)O.O=S(=O)(O)C(F)(F)F. The molecule has 92 valence electrons. The lowest BCUT2D eigenvalue weighted by atomic mass is 9.98. The van der Waals surface area contributed by atoms with Crippen LogP contribution in [0.1, 0.15) is 20.8 Å². The van der Waals surface area contributed by atoms with Gasteiger partial charge in [0.05, 0.1) is 5.41 Å². The summed E-state index contributed by atoms with van der Waals surface area (Å²) in [7, 11) is -5.84. The number of carboxylic acid groups (broad SMARTS) is 1. The zero-order valence-electron chi connectivity index (χ0n) is 8.16. The third-order valence-electron chi connectivity index (χ3n) is 0.934. The summed E-state index contributed by atoms with van der Waals surface area (Å²) in [5, 5.41) is 8.25. The molecule has 0 aliphatic carbocycles. The average molecular weight is 252 g/mol. The fraction of sp³-hybridized carbons (Fsp3) is 0.833. The van der Waals surface area contributed by atoms with Gasteiger partial charge in [0.2, 0.25) is 0 Å². The van der Waals surface area contributed by atoms with Gasteiger partial charge in [0.15, 0.2) is 0 Å². The van der Waals surface area contributed by atoms with Gasteiger partial charge in [-0.1, -0.05) is 0 Å². The first-order chi connectivity index (χ1) is 6.19. The number of carbonyl (C=O) groups is 1. The van der Waals surface area contributed by atoms with Crippen molar-refractivity contribution in [1.29, 1.82) is 0 Å². The number of halogens is 3. The van der Waals surface area contributed by atoms with E-state index in [2.05, 4.69) is 0 Å². The Balaban J connectivity index is 0. The van der Waals surface area contributed by atoms with Crippen molar-refractivity contribution in [1.82, 2.24) is 0 Å². The fourth-order valence-corrected chi connectivity index (χ4v) is 0. The van der Waals surface area contributed by atoms with Crippen molar-refractivity contribution in [2.45, 2.75) is 26.3 Å². The molecule has 0 aliphatic heterocycles. The molecular formula is C6H11F3O5S. The maximum Gasteiger partial charge on any atom is 0.522 e. The van der Waals surface area contributed by atoms with Crippen molar-refractivity contribution >= 4 is 16.1 Å². The molecule has 0 spiro atoms. The monoisotopic (exact) mass is 252 g/mol. The number of alkyl halides is 3. The molecule has 0 aromatic carbocycles. The second kappa shape index (κ2) is 4.79. The Labute approximate surface area is 84.7 Å². The molecule has 5 nitrogen and oxygen atoms in total. The quantitative estimate of drug-likeness (QED) is 0.503. The highest BCUT2D eigenvalue weighted by atomic mass is 32.2. The maximum atomic E-state index is 10.7. The zero-order valence-corrected chi connectivity index (χ0v) is 8.98. The summed E-state index contributed by atoms with van der Waals surface area (Å²) in [6.07, 6.45) is 0. The fourth-order valence-electron chi connectivity index (χ4n) is 0. The maximum absolute atomic E-state index is 10.7. The summed E-state index contributed by atoms with van der Waals surface area (Å²) in [6.45, 7) is 4.99. The lowest BCUT2D eigenvalue weighted by Gasteiger charge is -2.08. The Morgan fingerprint density at radius 1 is 1.13 bits per heavy atom. The minimum atomic E-state index is -5.84. The van der Waals surface area contributed by atoms with Gasteiger partial charge < -0.3 is 5.11 Å². The minimum absolute atomic E-state index is 0.583. The molecular weight excluding hydrogens is 241 g/mol. The van der Waals surface area contributed by atoms with Gasteiger partial charge in [-0.2, -0.15) is 21.6 Å². The van der Waals surface area contributed by atoms with E-state index in [0.717, 1.165) is 0 Å². The van der Waals surface area contributed by atoms with Crippen molar-refractivity contribution in [3.05, 3.63) is 0 Å². The summed E-state index contributed by atoms with van der Waals surface area (Å²) < 4.78 is 57.5. The molecule has 0 bridgehead atoms. The van der Waals surface area contributed by atoms with Crippen LogP contribution in [-0.4, -0.2) is 29.6 Å². The summed E-state index contributed by atoms with van der Waals surface area (Å²) >= 11 is 0. The van der Waals surface area contributed by atoms with E-state index < -0.39 is 27.0 Å². The Morgan fingerprint density at radius 2 is 1.27 bits per heavy atom. The molecule has 0 radical (unpaired) electrons. The molecule has 0 rings (SSSR count). The second-order valence-corrected chi connectivity index (χ2v) is 4.89. The van der Waals surface area contributed by atoms with Crippen molar-refractivity contribution < 1.29 is 36.0 Å². The molecule has 0 atom stereocenters. The van der Waals surface area contributed by atoms with E-state index >= 15 is 0 Å². The molecule has 0 unspecified atom stereocenters. The van der Waals surface area contributed by atoms with Crippen LogP contribution in [0, 0.1) is 5.41 Å². The van der Waals surface area contributed by atoms with Gasteiger partial charge in [0.1, 0.15) is 0 Å². The van der Waals surface area contributed by atoms with Gasteiger partial charge in [-0.25, -0.2) is 0 Å². The first-order valence-corrected chi connectivity index (χ1v) is 4.90. The lowest BCUT2D eigenvalue weighted by Crippen LogP contribution is -2.21. The van der Waals surface area contributed by atoms with Crippen LogP contribution in [0.5, 0.6) is 0 Å². The molecule has 0 aromatic heterocycles. The molecule has 0 aliphatic rings. The Morgan fingerprint density at radius 3 is 1.27 bits per heavy atom. The third kappa shape index (κ3) is 8.18. The van der Waals surface area contributed by atoms with Crippen LogP contribution in [0.2, 0.25) is 0 Å². The first-order valence-electron chi connectivity index (χ1n) is 3.46. The van der Waals surface area contributed by atoms with Gasteiger partial charge in [0.25, 0.3) is 0 Å². The van der Waals surface area contributed by atoms with E-state index in [4.69, 9.17) is 18.1 Å². The van der Waals surface area contributed by atoms with Crippen LogP contribution in [-0.2, 0) is 14.9 Å². The first kappa shape index (κ1) is 16.6. The van der Waals surface area contributed by atoms with Gasteiger partial charge in [0, 0.05) is 0 Å². The molecule has 9 heteroatoms. The van der Waals surface area contributed by atoms with Crippen LogP contribution < -0.4 is 0 Å². The van der Waals surface area contributed by atoms with Gasteiger partial charge in [-0.15, -0.1) is 0 Å². The normalized spacial score (nSPS) is 12.7. The van der Waals surface area contributed by atoms with Crippen molar-refractivity contribution in [3.63, 3.8) is 0 Å². The van der Waals surface area contributed by atoms with E-state index in [0.29, 0.717) is 0 Å². The summed E-state index contributed by atoms with van der Waals surface area (Å²) in [5.74, 6) is -0.757. The minimum Gasteiger partial charge on any atom is -0.481 e. The molecule has 0 heterocycles. The zero-order chi connectivity index (χ0) is 13.1. The molecule has 0 saturated carbocycles. The molecule has 0 aromatic rings. The number of carboxylic acids is 1. The number of hydrogen-bond donors (Lipinski definition) is 2.